The van der Waals surface area contributed by atoms with Crippen LogP contribution in [0.2, 0.25) is 0 Å². The van der Waals surface area contributed by atoms with Crippen molar-refractivity contribution >= 4 is 11.3 Å². The van der Waals surface area contributed by atoms with E-state index in [9.17, 15) is 0 Å². The summed E-state index contributed by atoms with van der Waals surface area (Å²) in [6.07, 6.45) is 1.31. The molecular formula is C13H21NS. The van der Waals surface area contributed by atoms with Gasteiger partial charge in [-0.15, -0.1) is 11.3 Å². The molecule has 84 valence electrons. The van der Waals surface area contributed by atoms with Gasteiger partial charge in [0.05, 0.1) is 0 Å². The molecule has 0 amide bonds. The summed E-state index contributed by atoms with van der Waals surface area (Å²) < 4.78 is 0. The monoisotopic (exact) mass is 223 g/mol. The van der Waals surface area contributed by atoms with E-state index in [1.54, 1.807) is 4.88 Å². The van der Waals surface area contributed by atoms with Crippen LogP contribution in [-0.2, 0) is 0 Å². The van der Waals surface area contributed by atoms with Gasteiger partial charge >= 0.3 is 0 Å². The molecule has 1 heterocycles. The molecule has 1 aliphatic rings. The van der Waals surface area contributed by atoms with E-state index in [1.165, 1.54) is 11.3 Å². The summed E-state index contributed by atoms with van der Waals surface area (Å²) in [5, 5.41) is 3.58. The average Bonchev–Trinajstić information content (AvgIpc) is 2.58. The number of hydrogen-bond donors (Lipinski definition) is 1. The molecule has 0 spiro atoms. The molecule has 1 aromatic rings. The highest BCUT2D eigenvalue weighted by atomic mass is 32.1. The van der Waals surface area contributed by atoms with E-state index in [1.807, 2.05) is 11.3 Å². The second-order valence-corrected chi connectivity index (χ2v) is 6.49. The van der Waals surface area contributed by atoms with Crippen molar-refractivity contribution in [2.75, 3.05) is 6.54 Å². The molecule has 1 aliphatic carbocycles. The summed E-state index contributed by atoms with van der Waals surface area (Å²) in [6.45, 7) is 10.3. The normalized spacial score (nSPS) is 28.8. The van der Waals surface area contributed by atoms with Crippen LogP contribution in [0.4, 0.5) is 0 Å². The van der Waals surface area contributed by atoms with Gasteiger partial charge in [0.1, 0.15) is 0 Å². The van der Waals surface area contributed by atoms with Crippen molar-refractivity contribution in [3.8, 4) is 0 Å². The summed E-state index contributed by atoms with van der Waals surface area (Å²) in [5.74, 6) is 0.764. The second-order valence-electron chi connectivity index (χ2n) is 5.17. The summed E-state index contributed by atoms with van der Waals surface area (Å²) >= 11 is 1.97. The predicted molar refractivity (Wildman–Crippen MR) is 67.7 cm³/mol. The minimum atomic E-state index is 0.424. The van der Waals surface area contributed by atoms with E-state index >= 15 is 0 Å². The van der Waals surface area contributed by atoms with E-state index in [4.69, 9.17) is 0 Å². The Hall–Kier alpha value is -0.340. The molecule has 2 heteroatoms. The van der Waals surface area contributed by atoms with Gasteiger partial charge in [0.25, 0.3) is 0 Å². The first kappa shape index (κ1) is 11.2. The zero-order valence-electron chi connectivity index (χ0n) is 10.1. The molecule has 2 unspecified atom stereocenters. The minimum Gasteiger partial charge on any atom is -0.314 e. The van der Waals surface area contributed by atoms with E-state index in [2.05, 4.69) is 45.1 Å². The highest BCUT2D eigenvalue weighted by molar-refractivity contribution is 7.12. The van der Waals surface area contributed by atoms with Crippen LogP contribution >= 0.6 is 11.3 Å². The fraction of sp³-hybridized carbons (Fsp3) is 0.692. The van der Waals surface area contributed by atoms with Crippen LogP contribution in [0, 0.1) is 12.3 Å². The second kappa shape index (κ2) is 3.91. The largest absolute Gasteiger partial charge is 0.314 e. The highest BCUT2D eigenvalue weighted by Gasteiger charge is 2.48. The lowest BCUT2D eigenvalue weighted by atomic mass is 9.58. The smallest absolute Gasteiger partial charge is 0.0131 e. The minimum absolute atomic E-state index is 0.424. The molecule has 1 nitrogen and oxygen atoms in total. The number of hydrogen-bond acceptors (Lipinski definition) is 2. The van der Waals surface area contributed by atoms with Gasteiger partial charge in [0.2, 0.25) is 0 Å². The Labute approximate surface area is 96.9 Å². The lowest BCUT2D eigenvalue weighted by Crippen LogP contribution is -2.55. The molecule has 1 fully saturated rings. The molecule has 15 heavy (non-hydrogen) atoms. The van der Waals surface area contributed by atoms with Crippen LogP contribution in [-0.4, -0.2) is 12.6 Å². The van der Waals surface area contributed by atoms with E-state index in [-0.39, 0.29) is 0 Å². The quantitative estimate of drug-likeness (QED) is 0.826. The summed E-state index contributed by atoms with van der Waals surface area (Å²) in [5.41, 5.74) is 0.424. The van der Waals surface area contributed by atoms with E-state index in [0.29, 0.717) is 11.5 Å². The Morgan fingerprint density at radius 1 is 1.47 bits per heavy atom. The van der Waals surface area contributed by atoms with Crippen molar-refractivity contribution in [3.05, 3.63) is 21.9 Å². The Kier molecular flexibility index (Phi) is 2.91. The van der Waals surface area contributed by atoms with Gasteiger partial charge in [-0.25, -0.2) is 0 Å². The van der Waals surface area contributed by atoms with Crippen molar-refractivity contribution in [2.24, 2.45) is 5.41 Å². The van der Waals surface area contributed by atoms with Crippen molar-refractivity contribution in [3.63, 3.8) is 0 Å². The van der Waals surface area contributed by atoms with Gasteiger partial charge in [-0.1, -0.05) is 20.8 Å². The Morgan fingerprint density at radius 3 is 2.67 bits per heavy atom. The summed E-state index contributed by atoms with van der Waals surface area (Å²) in [6, 6.07) is 5.26. The molecule has 0 bridgehead atoms. The maximum absolute atomic E-state index is 3.58. The molecule has 0 saturated heterocycles. The maximum atomic E-state index is 3.58. The number of nitrogens with one attached hydrogen (secondary N) is 1. The fourth-order valence-corrected chi connectivity index (χ4v) is 3.83. The molecule has 2 rings (SSSR count). The first-order valence-corrected chi connectivity index (χ1v) is 6.67. The van der Waals surface area contributed by atoms with Gasteiger partial charge in [-0.05, 0) is 37.4 Å². The standard InChI is InChI=1S/C13H21NS/c1-5-14-12-8-10(13(12,3)4)11-7-6-9(2)15-11/h6-7,10,12,14H,5,8H2,1-4H3. The van der Waals surface area contributed by atoms with Gasteiger partial charge in [0.15, 0.2) is 0 Å². The molecule has 1 aromatic heterocycles. The van der Waals surface area contributed by atoms with Crippen molar-refractivity contribution < 1.29 is 0 Å². The number of aryl methyl sites for hydroxylation is 1. The predicted octanol–water partition coefficient (Wildman–Crippen LogP) is 3.55. The van der Waals surface area contributed by atoms with Crippen molar-refractivity contribution in [2.45, 2.75) is 46.1 Å². The third-order valence-corrected chi connectivity index (χ3v) is 4.94. The average molecular weight is 223 g/mol. The van der Waals surface area contributed by atoms with Crippen LogP contribution in [0.5, 0.6) is 0 Å². The first-order chi connectivity index (χ1) is 7.05. The zero-order valence-corrected chi connectivity index (χ0v) is 10.9. The zero-order chi connectivity index (χ0) is 11.1. The summed E-state index contributed by atoms with van der Waals surface area (Å²) in [4.78, 5) is 3.01. The third kappa shape index (κ3) is 1.85. The number of rotatable bonds is 3. The van der Waals surface area contributed by atoms with Gasteiger partial charge in [-0.3, -0.25) is 0 Å². The van der Waals surface area contributed by atoms with Crippen LogP contribution < -0.4 is 5.32 Å². The van der Waals surface area contributed by atoms with Crippen molar-refractivity contribution in [1.82, 2.24) is 5.32 Å². The molecular weight excluding hydrogens is 202 g/mol. The first-order valence-electron chi connectivity index (χ1n) is 5.85. The Bertz CT molecular complexity index is 340. The Morgan fingerprint density at radius 2 is 2.20 bits per heavy atom. The topological polar surface area (TPSA) is 12.0 Å². The van der Waals surface area contributed by atoms with Crippen LogP contribution in [0.15, 0.2) is 12.1 Å². The van der Waals surface area contributed by atoms with Gasteiger partial charge in [0, 0.05) is 21.7 Å². The molecule has 1 saturated carbocycles. The van der Waals surface area contributed by atoms with Crippen LogP contribution in [0.25, 0.3) is 0 Å². The number of thiophene rings is 1. The maximum Gasteiger partial charge on any atom is 0.0131 e. The molecule has 2 atom stereocenters. The molecule has 0 aliphatic heterocycles. The van der Waals surface area contributed by atoms with Gasteiger partial charge in [-0.2, -0.15) is 0 Å². The third-order valence-electron chi connectivity index (χ3n) is 3.82. The lowest BCUT2D eigenvalue weighted by molar-refractivity contribution is 0.0728. The summed E-state index contributed by atoms with van der Waals surface area (Å²) in [7, 11) is 0. The molecule has 0 aromatic carbocycles. The fourth-order valence-electron chi connectivity index (χ4n) is 2.64. The highest BCUT2D eigenvalue weighted by Crippen LogP contribution is 2.53. The van der Waals surface area contributed by atoms with Gasteiger partial charge < -0.3 is 5.32 Å². The van der Waals surface area contributed by atoms with Crippen LogP contribution in [0.1, 0.15) is 42.9 Å². The molecule has 0 radical (unpaired) electrons. The SMILES string of the molecule is CCNC1CC(c2ccc(C)s2)C1(C)C. The molecule has 1 N–H and O–H groups in total. The van der Waals surface area contributed by atoms with Crippen molar-refractivity contribution in [1.29, 1.82) is 0 Å². The van der Waals surface area contributed by atoms with E-state index in [0.717, 1.165) is 12.5 Å². The van der Waals surface area contributed by atoms with E-state index < -0.39 is 0 Å². The lowest BCUT2D eigenvalue weighted by Gasteiger charge is -2.52. The van der Waals surface area contributed by atoms with Crippen LogP contribution in [0.3, 0.4) is 0 Å². The Balaban J connectivity index is 2.09.